The normalized spacial score (nSPS) is 10.4. The molecule has 0 atom stereocenters. The lowest BCUT2D eigenvalue weighted by molar-refractivity contribution is 0.101. The Kier molecular flexibility index (Phi) is 2.75. The van der Waals surface area contributed by atoms with Crippen LogP contribution in [0.1, 0.15) is 23.0 Å². The summed E-state index contributed by atoms with van der Waals surface area (Å²) in [4.78, 5) is 11.4. The molecule has 1 aromatic heterocycles. The van der Waals surface area contributed by atoms with Crippen LogP contribution in [0.25, 0.3) is 5.69 Å². The fourth-order valence-electron chi connectivity index (χ4n) is 1.46. The summed E-state index contributed by atoms with van der Waals surface area (Å²) in [6, 6.07) is 5.44. The average molecular weight is 236 g/mol. The predicted molar refractivity (Wildman–Crippen MR) is 61.1 cm³/mol. The second-order valence-corrected chi connectivity index (χ2v) is 3.95. The first-order chi connectivity index (χ1) is 7.59. The molecule has 5 heteroatoms. The van der Waals surface area contributed by atoms with Crippen LogP contribution >= 0.6 is 11.6 Å². The molecular weight excluding hydrogens is 226 g/mol. The summed E-state index contributed by atoms with van der Waals surface area (Å²) in [5.41, 5.74) is 2.21. The van der Waals surface area contributed by atoms with Crippen molar-refractivity contribution in [3.05, 3.63) is 40.7 Å². The SMILES string of the molecule is CC(=O)c1cnnn1-c1cc(Cl)ccc1C. The highest BCUT2D eigenvalue weighted by molar-refractivity contribution is 6.30. The monoisotopic (exact) mass is 235 g/mol. The number of carbonyl (C=O) groups excluding carboxylic acids is 1. The summed E-state index contributed by atoms with van der Waals surface area (Å²) in [6.07, 6.45) is 1.45. The largest absolute Gasteiger partial charge is 0.293 e. The van der Waals surface area contributed by atoms with E-state index in [4.69, 9.17) is 11.6 Å². The highest BCUT2D eigenvalue weighted by Gasteiger charge is 2.12. The van der Waals surface area contributed by atoms with E-state index in [1.165, 1.54) is 17.8 Å². The third-order valence-corrected chi connectivity index (χ3v) is 2.54. The molecule has 0 N–H and O–H groups in total. The zero-order chi connectivity index (χ0) is 11.7. The number of aromatic nitrogens is 3. The number of hydrogen-bond acceptors (Lipinski definition) is 3. The van der Waals surface area contributed by atoms with Crippen LogP contribution in [0.5, 0.6) is 0 Å². The molecule has 4 nitrogen and oxygen atoms in total. The van der Waals surface area contributed by atoms with Gasteiger partial charge in [0, 0.05) is 11.9 Å². The van der Waals surface area contributed by atoms with Crippen LogP contribution < -0.4 is 0 Å². The van der Waals surface area contributed by atoms with Gasteiger partial charge in [-0.15, -0.1) is 5.10 Å². The van der Waals surface area contributed by atoms with E-state index in [0.717, 1.165) is 11.3 Å². The van der Waals surface area contributed by atoms with Crippen LogP contribution in [0.3, 0.4) is 0 Å². The van der Waals surface area contributed by atoms with Gasteiger partial charge in [-0.2, -0.15) is 0 Å². The molecule has 0 unspecified atom stereocenters. The molecule has 1 heterocycles. The van der Waals surface area contributed by atoms with Gasteiger partial charge in [-0.25, -0.2) is 4.68 Å². The molecule has 0 fully saturated rings. The molecule has 0 aliphatic carbocycles. The molecule has 2 rings (SSSR count). The van der Waals surface area contributed by atoms with Crippen molar-refractivity contribution in [1.82, 2.24) is 15.0 Å². The fraction of sp³-hybridized carbons (Fsp3) is 0.182. The average Bonchev–Trinajstić information content (AvgIpc) is 2.70. The van der Waals surface area contributed by atoms with Gasteiger partial charge in [0.25, 0.3) is 0 Å². The number of rotatable bonds is 2. The van der Waals surface area contributed by atoms with Gasteiger partial charge in [0.2, 0.25) is 0 Å². The molecule has 0 bridgehead atoms. The topological polar surface area (TPSA) is 47.8 Å². The maximum absolute atomic E-state index is 11.4. The van der Waals surface area contributed by atoms with Crippen molar-refractivity contribution < 1.29 is 4.79 Å². The lowest BCUT2D eigenvalue weighted by Gasteiger charge is -2.07. The van der Waals surface area contributed by atoms with E-state index in [9.17, 15) is 4.79 Å². The van der Waals surface area contributed by atoms with Crippen LogP contribution in [-0.4, -0.2) is 20.8 Å². The van der Waals surface area contributed by atoms with Crippen LogP contribution in [-0.2, 0) is 0 Å². The second-order valence-electron chi connectivity index (χ2n) is 3.52. The highest BCUT2D eigenvalue weighted by atomic mass is 35.5. The molecule has 2 aromatic rings. The van der Waals surface area contributed by atoms with E-state index in [2.05, 4.69) is 10.3 Å². The molecule has 0 saturated carbocycles. The Morgan fingerprint density at radius 1 is 1.44 bits per heavy atom. The summed E-state index contributed by atoms with van der Waals surface area (Å²) in [5.74, 6) is -0.0793. The molecule has 0 aliphatic rings. The quantitative estimate of drug-likeness (QED) is 0.751. The number of ketones is 1. The molecule has 82 valence electrons. The van der Waals surface area contributed by atoms with Crippen LogP contribution in [0, 0.1) is 6.92 Å². The van der Waals surface area contributed by atoms with Crippen LogP contribution in [0.4, 0.5) is 0 Å². The number of carbonyl (C=O) groups is 1. The first-order valence-electron chi connectivity index (χ1n) is 4.78. The Bertz CT molecular complexity index is 548. The number of nitrogens with zero attached hydrogens (tertiary/aromatic N) is 3. The molecular formula is C11H10ClN3O. The lowest BCUT2D eigenvalue weighted by Crippen LogP contribution is -2.07. The number of aryl methyl sites for hydroxylation is 1. The minimum absolute atomic E-state index is 0.0793. The lowest BCUT2D eigenvalue weighted by atomic mass is 10.2. The van der Waals surface area contributed by atoms with Crippen molar-refractivity contribution in [2.24, 2.45) is 0 Å². The zero-order valence-electron chi connectivity index (χ0n) is 8.94. The molecule has 0 aliphatic heterocycles. The number of halogens is 1. The van der Waals surface area contributed by atoms with Crippen LogP contribution in [0.15, 0.2) is 24.4 Å². The Hall–Kier alpha value is -1.68. The molecule has 0 spiro atoms. The summed E-state index contributed by atoms with van der Waals surface area (Å²) in [5, 5.41) is 8.24. The summed E-state index contributed by atoms with van der Waals surface area (Å²) in [6.45, 7) is 3.41. The van der Waals surface area contributed by atoms with Gasteiger partial charge in [0.05, 0.1) is 11.9 Å². The number of hydrogen-bond donors (Lipinski definition) is 0. The smallest absolute Gasteiger partial charge is 0.179 e. The molecule has 1 aromatic carbocycles. The van der Waals surface area contributed by atoms with Gasteiger partial charge in [-0.3, -0.25) is 4.79 Å². The van der Waals surface area contributed by atoms with Gasteiger partial charge in [-0.05, 0) is 24.6 Å². The third-order valence-electron chi connectivity index (χ3n) is 2.31. The van der Waals surface area contributed by atoms with Crippen molar-refractivity contribution in [1.29, 1.82) is 0 Å². The Morgan fingerprint density at radius 2 is 2.19 bits per heavy atom. The van der Waals surface area contributed by atoms with Crippen LogP contribution in [0.2, 0.25) is 5.02 Å². The summed E-state index contributed by atoms with van der Waals surface area (Å²) in [7, 11) is 0. The Balaban J connectivity index is 2.62. The van der Waals surface area contributed by atoms with E-state index in [1.807, 2.05) is 13.0 Å². The van der Waals surface area contributed by atoms with Gasteiger partial charge >= 0.3 is 0 Å². The van der Waals surface area contributed by atoms with E-state index < -0.39 is 0 Å². The van der Waals surface area contributed by atoms with E-state index in [0.29, 0.717) is 10.7 Å². The predicted octanol–water partition coefficient (Wildman–Crippen LogP) is 2.43. The van der Waals surface area contributed by atoms with E-state index >= 15 is 0 Å². The maximum atomic E-state index is 11.4. The second kappa shape index (κ2) is 4.06. The summed E-state index contributed by atoms with van der Waals surface area (Å²) < 4.78 is 1.50. The minimum atomic E-state index is -0.0793. The van der Waals surface area contributed by atoms with Crippen molar-refractivity contribution in [3.8, 4) is 5.69 Å². The zero-order valence-corrected chi connectivity index (χ0v) is 9.69. The maximum Gasteiger partial charge on any atom is 0.179 e. The molecule has 0 radical (unpaired) electrons. The number of benzene rings is 1. The molecule has 16 heavy (non-hydrogen) atoms. The van der Waals surface area contributed by atoms with Gasteiger partial charge in [-0.1, -0.05) is 22.9 Å². The minimum Gasteiger partial charge on any atom is -0.293 e. The van der Waals surface area contributed by atoms with E-state index in [-0.39, 0.29) is 5.78 Å². The Labute approximate surface area is 97.8 Å². The molecule has 0 amide bonds. The van der Waals surface area contributed by atoms with Crippen molar-refractivity contribution >= 4 is 17.4 Å². The first kappa shape index (κ1) is 10.8. The fourth-order valence-corrected chi connectivity index (χ4v) is 1.63. The highest BCUT2D eigenvalue weighted by Crippen LogP contribution is 2.19. The van der Waals surface area contributed by atoms with Crippen molar-refractivity contribution in [3.63, 3.8) is 0 Å². The van der Waals surface area contributed by atoms with Gasteiger partial charge < -0.3 is 0 Å². The van der Waals surface area contributed by atoms with E-state index in [1.54, 1.807) is 12.1 Å². The van der Waals surface area contributed by atoms with Gasteiger partial charge in [0.15, 0.2) is 5.78 Å². The van der Waals surface area contributed by atoms with Crippen molar-refractivity contribution in [2.75, 3.05) is 0 Å². The third kappa shape index (κ3) is 1.84. The molecule has 0 saturated heterocycles. The summed E-state index contributed by atoms with van der Waals surface area (Å²) >= 11 is 5.92. The van der Waals surface area contributed by atoms with Gasteiger partial charge in [0.1, 0.15) is 5.69 Å². The standard InChI is InChI=1S/C11H10ClN3O/c1-7-3-4-9(12)5-10(7)15-11(8(2)16)6-13-14-15/h3-6H,1-2H3. The Morgan fingerprint density at radius 3 is 2.88 bits per heavy atom. The first-order valence-corrected chi connectivity index (χ1v) is 5.15. The van der Waals surface area contributed by atoms with Crippen molar-refractivity contribution in [2.45, 2.75) is 13.8 Å². The number of Topliss-reactive ketones (excluding diaryl/α,β-unsaturated/α-hetero) is 1.